The van der Waals surface area contributed by atoms with E-state index in [0.29, 0.717) is 16.7 Å². The van der Waals surface area contributed by atoms with Crippen LogP contribution in [0.5, 0.6) is 0 Å². The molecule has 11 nitrogen and oxygen atoms in total. The molecule has 0 atom stereocenters. The van der Waals surface area contributed by atoms with E-state index in [1.807, 2.05) is 0 Å². The molecule has 0 saturated carbocycles. The maximum absolute atomic E-state index is 11.9. The lowest BCUT2D eigenvalue weighted by molar-refractivity contribution is -0.385. The fourth-order valence-corrected chi connectivity index (χ4v) is 2.11. The minimum absolute atomic E-state index is 0.0927. The van der Waals surface area contributed by atoms with E-state index in [-0.39, 0.29) is 17.3 Å². The second-order valence-electron chi connectivity index (χ2n) is 4.93. The number of carbonyl (C=O) groups excluding carboxylic acids is 1. The van der Waals surface area contributed by atoms with Gasteiger partial charge in [-0.2, -0.15) is 0 Å². The van der Waals surface area contributed by atoms with Gasteiger partial charge < -0.3 is 10.3 Å². The van der Waals surface area contributed by atoms with Crippen molar-refractivity contribution in [3.63, 3.8) is 0 Å². The molecule has 0 aliphatic rings. The number of amides is 2. The maximum atomic E-state index is 11.9. The van der Waals surface area contributed by atoms with Gasteiger partial charge in [-0.25, -0.2) is 9.78 Å². The molecule has 3 rings (SSSR count). The lowest BCUT2D eigenvalue weighted by Gasteiger charge is -2.04. The third-order valence-corrected chi connectivity index (χ3v) is 3.24. The monoisotopic (exact) mass is 342 g/mol. The number of carbonyl (C=O) groups is 1. The molecule has 0 saturated heterocycles. The Balaban J connectivity index is 1.71. The van der Waals surface area contributed by atoms with E-state index in [1.165, 1.54) is 42.5 Å². The lowest BCUT2D eigenvalue weighted by Crippen LogP contribution is -2.20. The fraction of sp³-hybridized carbons (Fsp3) is 0. The van der Waals surface area contributed by atoms with E-state index in [2.05, 4.69) is 20.6 Å². The summed E-state index contributed by atoms with van der Waals surface area (Å²) in [5, 5.41) is 26.3. The van der Waals surface area contributed by atoms with Crippen molar-refractivity contribution in [2.75, 3.05) is 10.6 Å². The van der Waals surface area contributed by atoms with Crippen molar-refractivity contribution in [2.24, 2.45) is 0 Å². The van der Waals surface area contributed by atoms with Gasteiger partial charge in [0.15, 0.2) is 0 Å². The van der Waals surface area contributed by atoms with E-state index >= 15 is 0 Å². The number of nitrogens with zero attached hydrogens (tertiary/aromatic N) is 3. The Morgan fingerprint density at radius 2 is 1.60 bits per heavy atom. The third-order valence-electron chi connectivity index (χ3n) is 3.24. The molecule has 0 unspecified atom stereocenters. The average molecular weight is 342 g/mol. The zero-order valence-electron chi connectivity index (χ0n) is 12.4. The molecular weight excluding hydrogens is 332 g/mol. The highest BCUT2D eigenvalue weighted by atomic mass is 16.6. The average Bonchev–Trinajstić information content (AvgIpc) is 2.96. The van der Waals surface area contributed by atoms with Crippen molar-refractivity contribution in [3.8, 4) is 0 Å². The van der Waals surface area contributed by atoms with Crippen LogP contribution < -0.4 is 10.6 Å². The Kier molecular flexibility index (Phi) is 3.95. The van der Waals surface area contributed by atoms with E-state index in [4.69, 9.17) is 0 Å². The number of hydrogen-bond donors (Lipinski definition) is 3. The van der Waals surface area contributed by atoms with Gasteiger partial charge in [-0.15, -0.1) is 0 Å². The molecule has 0 fully saturated rings. The van der Waals surface area contributed by atoms with E-state index in [0.717, 1.165) is 0 Å². The molecular formula is C14H10N6O5. The highest BCUT2D eigenvalue weighted by Gasteiger charge is 2.12. The molecule has 1 heterocycles. The van der Waals surface area contributed by atoms with Crippen LogP contribution in [-0.2, 0) is 0 Å². The van der Waals surface area contributed by atoms with Crippen molar-refractivity contribution in [1.82, 2.24) is 9.97 Å². The highest BCUT2D eigenvalue weighted by molar-refractivity contribution is 5.99. The molecule has 3 aromatic rings. The summed E-state index contributed by atoms with van der Waals surface area (Å²) in [5.41, 5.74) is 1.02. The second kappa shape index (κ2) is 6.23. The molecule has 0 aliphatic heterocycles. The summed E-state index contributed by atoms with van der Waals surface area (Å²) in [6, 6.07) is 8.75. The zero-order valence-corrected chi connectivity index (χ0v) is 12.4. The summed E-state index contributed by atoms with van der Waals surface area (Å²) in [6.07, 6.45) is 0. The number of benzene rings is 2. The number of aromatic amines is 1. The van der Waals surface area contributed by atoms with Gasteiger partial charge in [-0.3, -0.25) is 25.5 Å². The Hall–Kier alpha value is -4.02. The number of nitrogens with one attached hydrogen (secondary N) is 3. The Bertz CT molecular complexity index is 981. The number of imidazole rings is 1. The number of hydrogen-bond acceptors (Lipinski definition) is 6. The molecule has 0 spiro atoms. The van der Waals surface area contributed by atoms with Crippen LogP contribution in [0.25, 0.3) is 11.0 Å². The number of anilines is 2. The van der Waals surface area contributed by atoms with Gasteiger partial charge >= 0.3 is 6.03 Å². The van der Waals surface area contributed by atoms with Crippen molar-refractivity contribution in [3.05, 3.63) is 62.7 Å². The van der Waals surface area contributed by atoms with Crippen molar-refractivity contribution in [2.45, 2.75) is 0 Å². The summed E-state index contributed by atoms with van der Waals surface area (Å²) in [6.45, 7) is 0. The topological polar surface area (TPSA) is 156 Å². The first-order valence-electron chi connectivity index (χ1n) is 6.89. The predicted molar refractivity (Wildman–Crippen MR) is 88.5 cm³/mol. The number of nitro benzene ring substituents is 2. The summed E-state index contributed by atoms with van der Waals surface area (Å²) >= 11 is 0. The molecule has 2 aromatic carbocycles. The molecule has 25 heavy (non-hydrogen) atoms. The molecule has 0 bridgehead atoms. The van der Waals surface area contributed by atoms with E-state index in [9.17, 15) is 25.0 Å². The van der Waals surface area contributed by atoms with E-state index < -0.39 is 15.9 Å². The smallest absolute Gasteiger partial charge is 0.324 e. The van der Waals surface area contributed by atoms with Gasteiger partial charge in [0.1, 0.15) is 0 Å². The number of non-ortho nitro benzene ring substituents is 2. The second-order valence-corrected chi connectivity index (χ2v) is 4.93. The first kappa shape index (κ1) is 15.9. The molecule has 0 aliphatic carbocycles. The van der Waals surface area contributed by atoms with Crippen LogP contribution in [0.4, 0.5) is 27.8 Å². The van der Waals surface area contributed by atoms with Crippen LogP contribution in [0, 0.1) is 20.2 Å². The van der Waals surface area contributed by atoms with Crippen LogP contribution in [0.1, 0.15) is 0 Å². The molecule has 3 N–H and O–H groups in total. The summed E-state index contributed by atoms with van der Waals surface area (Å²) in [5.74, 6) is 0.106. The van der Waals surface area contributed by atoms with Gasteiger partial charge in [0.05, 0.1) is 20.9 Å². The quantitative estimate of drug-likeness (QED) is 0.488. The molecule has 1 aromatic heterocycles. The Labute approximate surface area is 139 Å². The molecule has 0 radical (unpaired) electrons. The summed E-state index contributed by atoms with van der Waals surface area (Å²) < 4.78 is 0. The number of aromatic nitrogens is 2. The normalized spacial score (nSPS) is 10.4. The van der Waals surface area contributed by atoms with Crippen LogP contribution in [0.15, 0.2) is 42.5 Å². The van der Waals surface area contributed by atoms with Crippen molar-refractivity contribution in [1.29, 1.82) is 0 Å². The molecule has 11 heteroatoms. The van der Waals surface area contributed by atoms with E-state index in [1.54, 1.807) is 0 Å². The SMILES string of the molecule is O=C(Nc1ccc([N+](=O)[O-])cc1)Nc1nc2ccc([N+](=O)[O-])cc2[nH]1. The largest absolute Gasteiger partial charge is 0.326 e. The number of rotatable bonds is 4. The lowest BCUT2D eigenvalue weighted by atomic mass is 10.3. The maximum Gasteiger partial charge on any atom is 0.326 e. The van der Waals surface area contributed by atoms with Gasteiger partial charge in [0, 0.05) is 30.0 Å². The number of H-pyrrole nitrogens is 1. The van der Waals surface area contributed by atoms with Gasteiger partial charge in [0.2, 0.25) is 5.95 Å². The van der Waals surface area contributed by atoms with Crippen molar-refractivity contribution >= 4 is 40.1 Å². The van der Waals surface area contributed by atoms with Gasteiger partial charge in [-0.05, 0) is 18.2 Å². The summed E-state index contributed by atoms with van der Waals surface area (Å²) in [4.78, 5) is 39.0. The predicted octanol–water partition coefficient (Wildman–Crippen LogP) is 3.02. The van der Waals surface area contributed by atoms with Gasteiger partial charge in [0.25, 0.3) is 11.4 Å². The van der Waals surface area contributed by atoms with Crippen LogP contribution in [0.2, 0.25) is 0 Å². The molecule has 126 valence electrons. The Morgan fingerprint density at radius 1 is 0.960 bits per heavy atom. The minimum atomic E-state index is -0.623. The summed E-state index contributed by atoms with van der Waals surface area (Å²) in [7, 11) is 0. The minimum Gasteiger partial charge on any atom is -0.324 e. The first-order valence-corrected chi connectivity index (χ1v) is 6.89. The number of fused-ring (bicyclic) bond motifs is 1. The van der Waals surface area contributed by atoms with Crippen LogP contribution in [-0.4, -0.2) is 25.8 Å². The molecule has 2 amide bonds. The Morgan fingerprint density at radius 3 is 2.24 bits per heavy atom. The fourth-order valence-electron chi connectivity index (χ4n) is 2.11. The van der Waals surface area contributed by atoms with Crippen molar-refractivity contribution < 1.29 is 14.6 Å². The van der Waals surface area contributed by atoms with Crippen LogP contribution in [0.3, 0.4) is 0 Å². The standard InChI is InChI=1S/C14H10N6O5/c21-14(15-8-1-3-9(4-2-8)19(22)23)18-13-16-11-6-5-10(20(24)25)7-12(11)17-13/h1-7H,(H3,15,16,17,18,21). The van der Waals surface area contributed by atoms with Crippen LogP contribution >= 0.6 is 0 Å². The number of nitro groups is 2. The zero-order chi connectivity index (χ0) is 18.0. The third kappa shape index (κ3) is 3.50. The van der Waals surface area contributed by atoms with Gasteiger partial charge in [-0.1, -0.05) is 0 Å². The number of urea groups is 1. The highest BCUT2D eigenvalue weighted by Crippen LogP contribution is 2.21. The first-order chi connectivity index (χ1) is 11.9.